The molecule has 3 nitrogen and oxygen atoms in total. The van der Waals surface area contributed by atoms with Gasteiger partial charge in [0.2, 0.25) is 0 Å². The summed E-state index contributed by atoms with van der Waals surface area (Å²) in [5, 5.41) is 3.34. The first kappa shape index (κ1) is 9.10. The van der Waals surface area contributed by atoms with E-state index >= 15 is 0 Å². The van der Waals surface area contributed by atoms with Crippen molar-refractivity contribution in [3.8, 4) is 0 Å². The monoisotopic (exact) mass is 167 g/mol. The van der Waals surface area contributed by atoms with E-state index in [-0.39, 0.29) is 0 Å². The van der Waals surface area contributed by atoms with E-state index in [0.717, 1.165) is 12.4 Å². The number of imidazole rings is 1. The van der Waals surface area contributed by atoms with E-state index in [1.165, 1.54) is 0 Å². The topological polar surface area (TPSA) is 40.7 Å². The number of H-pyrrole nitrogens is 1. The highest BCUT2D eigenvalue weighted by molar-refractivity contribution is 5.24. The molecule has 1 atom stereocenters. The second kappa shape index (κ2) is 4.14. The molecule has 0 fully saturated rings. The third-order valence-corrected chi connectivity index (χ3v) is 2.06. The Labute approximate surface area is 73.6 Å². The average Bonchev–Trinajstić information content (AvgIpc) is 2.51. The lowest BCUT2D eigenvalue weighted by atomic mass is 10.0. The molecule has 0 saturated heterocycles. The second-order valence-corrected chi connectivity index (χ2v) is 3.34. The Bertz CT molecular complexity index is 204. The Kier molecular flexibility index (Phi) is 3.14. The average molecular weight is 167 g/mol. The van der Waals surface area contributed by atoms with Crippen molar-refractivity contribution in [3.63, 3.8) is 0 Å². The SMILES string of the molecule is CCC(Nc1ncc[nH]1)C(C)C. The fourth-order valence-electron chi connectivity index (χ4n) is 1.26. The van der Waals surface area contributed by atoms with Crippen LogP contribution < -0.4 is 5.32 Å². The number of anilines is 1. The zero-order valence-corrected chi connectivity index (χ0v) is 7.96. The van der Waals surface area contributed by atoms with Crippen molar-refractivity contribution in [2.24, 2.45) is 5.92 Å². The van der Waals surface area contributed by atoms with Crippen molar-refractivity contribution in [2.75, 3.05) is 5.32 Å². The minimum absolute atomic E-state index is 0.510. The van der Waals surface area contributed by atoms with Crippen LogP contribution in [0, 0.1) is 5.92 Å². The molecule has 0 radical (unpaired) electrons. The van der Waals surface area contributed by atoms with E-state index in [2.05, 4.69) is 36.1 Å². The maximum Gasteiger partial charge on any atom is 0.200 e. The van der Waals surface area contributed by atoms with Gasteiger partial charge in [-0.05, 0) is 12.3 Å². The fourth-order valence-corrected chi connectivity index (χ4v) is 1.26. The lowest BCUT2D eigenvalue weighted by Gasteiger charge is -2.19. The van der Waals surface area contributed by atoms with Gasteiger partial charge < -0.3 is 10.3 Å². The standard InChI is InChI=1S/C9H17N3/c1-4-8(7(2)3)12-9-10-5-6-11-9/h5-8H,4H2,1-3H3,(H2,10,11,12). The third kappa shape index (κ3) is 2.26. The molecular formula is C9H17N3. The minimum Gasteiger partial charge on any atom is -0.353 e. The summed E-state index contributed by atoms with van der Waals surface area (Å²) in [6.45, 7) is 6.61. The molecule has 2 N–H and O–H groups in total. The Balaban J connectivity index is 2.48. The highest BCUT2D eigenvalue weighted by atomic mass is 15.1. The molecular weight excluding hydrogens is 150 g/mol. The minimum atomic E-state index is 0.510. The van der Waals surface area contributed by atoms with Gasteiger partial charge in [-0.2, -0.15) is 0 Å². The van der Waals surface area contributed by atoms with Crippen molar-refractivity contribution in [1.29, 1.82) is 0 Å². The normalized spacial score (nSPS) is 13.3. The van der Waals surface area contributed by atoms with Gasteiger partial charge in [0.05, 0.1) is 0 Å². The Hall–Kier alpha value is -0.990. The second-order valence-electron chi connectivity index (χ2n) is 3.34. The van der Waals surface area contributed by atoms with Crippen LogP contribution in [0.25, 0.3) is 0 Å². The first-order chi connectivity index (χ1) is 5.74. The van der Waals surface area contributed by atoms with Crippen LogP contribution in [0.4, 0.5) is 5.95 Å². The third-order valence-electron chi connectivity index (χ3n) is 2.06. The van der Waals surface area contributed by atoms with Gasteiger partial charge in [0.1, 0.15) is 0 Å². The predicted octanol–water partition coefficient (Wildman–Crippen LogP) is 2.26. The molecule has 0 bridgehead atoms. The number of rotatable bonds is 4. The molecule has 0 spiro atoms. The maximum atomic E-state index is 4.12. The summed E-state index contributed by atoms with van der Waals surface area (Å²) >= 11 is 0. The Morgan fingerprint density at radius 1 is 1.58 bits per heavy atom. The highest BCUT2D eigenvalue weighted by Crippen LogP contribution is 2.10. The maximum absolute atomic E-state index is 4.12. The first-order valence-corrected chi connectivity index (χ1v) is 4.50. The lowest BCUT2D eigenvalue weighted by molar-refractivity contribution is 0.508. The molecule has 0 aliphatic heterocycles. The van der Waals surface area contributed by atoms with Crippen LogP contribution in [0.15, 0.2) is 12.4 Å². The van der Waals surface area contributed by atoms with Gasteiger partial charge in [0, 0.05) is 18.4 Å². The number of hydrogen-bond acceptors (Lipinski definition) is 2. The van der Waals surface area contributed by atoms with Gasteiger partial charge in [0.25, 0.3) is 0 Å². The van der Waals surface area contributed by atoms with E-state index in [4.69, 9.17) is 0 Å². The lowest BCUT2D eigenvalue weighted by Crippen LogP contribution is -2.25. The molecule has 0 aromatic carbocycles. The van der Waals surface area contributed by atoms with Crippen LogP contribution in [-0.2, 0) is 0 Å². The fraction of sp³-hybridized carbons (Fsp3) is 0.667. The van der Waals surface area contributed by atoms with Crippen LogP contribution in [0.5, 0.6) is 0 Å². The van der Waals surface area contributed by atoms with Crippen LogP contribution in [0.1, 0.15) is 27.2 Å². The molecule has 1 aromatic rings. The quantitative estimate of drug-likeness (QED) is 0.722. The number of hydrogen-bond donors (Lipinski definition) is 2. The summed E-state index contributed by atoms with van der Waals surface area (Å²) in [6, 6.07) is 0.510. The van der Waals surface area contributed by atoms with Gasteiger partial charge in [0.15, 0.2) is 5.95 Å². The van der Waals surface area contributed by atoms with Gasteiger partial charge >= 0.3 is 0 Å². The van der Waals surface area contributed by atoms with Crippen LogP contribution in [0.3, 0.4) is 0 Å². The molecule has 68 valence electrons. The number of aromatic nitrogens is 2. The van der Waals surface area contributed by atoms with Gasteiger partial charge in [-0.3, -0.25) is 0 Å². The summed E-state index contributed by atoms with van der Waals surface area (Å²) < 4.78 is 0. The van der Waals surface area contributed by atoms with Crippen LogP contribution >= 0.6 is 0 Å². The number of nitrogens with one attached hydrogen (secondary N) is 2. The van der Waals surface area contributed by atoms with Crippen LogP contribution in [0.2, 0.25) is 0 Å². The zero-order valence-electron chi connectivity index (χ0n) is 7.96. The zero-order chi connectivity index (χ0) is 8.97. The van der Waals surface area contributed by atoms with Crippen molar-refractivity contribution in [1.82, 2.24) is 9.97 Å². The molecule has 1 unspecified atom stereocenters. The van der Waals surface area contributed by atoms with Gasteiger partial charge in [-0.25, -0.2) is 4.98 Å². The number of nitrogens with zero attached hydrogens (tertiary/aromatic N) is 1. The van der Waals surface area contributed by atoms with E-state index < -0.39 is 0 Å². The Morgan fingerprint density at radius 2 is 2.33 bits per heavy atom. The van der Waals surface area contributed by atoms with E-state index in [1.54, 1.807) is 6.20 Å². The van der Waals surface area contributed by atoms with Gasteiger partial charge in [-0.15, -0.1) is 0 Å². The molecule has 1 heterocycles. The molecule has 0 aliphatic rings. The highest BCUT2D eigenvalue weighted by Gasteiger charge is 2.10. The molecule has 0 aliphatic carbocycles. The van der Waals surface area contributed by atoms with Crippen molar-refractivity contribution < 1.29 is 0 Å². The Morgan fingerprint density at radius 3 is 2.75 bits per heavy atom. The summed E-state index contributed by atoms with van der Waals surface area (Å²) in [4.78, 5) is 7.15. The van der Waals surface area contributed by atoms with Crippen molar-refractivity contribution >= 4 is 5.95 Å². The summed E-state index contributed by atoms with van der Waals surface area (Å²) in [5.41, 5.74) is 0. The van der Waals surface area contributed by atoms with E-state index in [0.29, 0.717) is 12.0 Å². The van der Waals surface area contributed by atoms with Crippen LogP contribution in [-0.4, -0.2) is 16.0 Å². The summed E-state index contributed by atoms with van der Waals surface area (Å²) in [6.07, 6.45) is 4.71. The molecule has 1 aromatic heterocycles. The number of aromatic amines is 1. The van der Waals surface area contributed by atoms with E-state index in [9.17, 15) is 0 Å². The molecule has 3 heteroatoms. The first-order valence-electron chi connectivity index (χ1n) is 4.50. The largest absolute Gasteiger partial charge is 0.353 e. The summed E-state index contributed by atoms with van der Waals surface area (Å²) in [7, 11) is 0. The van der Waals surface area contributed by atoms with Crippen molar-refractivity contribution in [3.05, 3.63) is 12.4 Å². The summed E-state index contributed by atoms with van der Waals surface area (Å²) in [5.74, 6) is 1.51. The molecule has 0 saturated carbocycles. The molecule has 12 heavy (non-hydrogen) atoms. The molecule has 1 rings (SSSR count). The molecule has 0 amide bonds. The van der Waals surface area contributed by atoms with Crippen molar-refractivity contribution in [2.45, 2.75) is 33.2 Å². The smallest absolute Gasteiger partial charge is 0.200 e. The predicted molar refractivity (Wildman–Crippen MR) is 51.1 cm³/mol. The van der Waals surface area contributed by atoms with Gasteiger partial charge in [-0.1, -0.05) is 20.8 Å². The van der Waals surface area contributed by atoms with E-state index in [1.807, 2.05) is 6.20 Å².